The van der Waals surface area contributed by atoms with Crippen molar-refractivity contribution in [2.24, 2.45) is 0 Å². The Balaban J connectivity index is 2.01. The van der Waals surface area contributed by atoms with Gasteiger partial charge in [0.2, 0.25) is 0 Å². The minimum atomic E-state index is -0.410. The van der Waals surface area contributed by atoms with Gasteiger partial charge >= 0.3 is 11.9 Å². The predicted molar refractivity (Wildman–Crippen MR) is 96.9 cm³/mol. The molecule has 0 N–H and O–H groups in total. The van der Waals surface area contributed by atoms with Crippen molar-refractivity contribution in [3.05, 3.63) is 42.0 Å². The first-order valence-corrected chi connectivity index (χ1v) is 8.89. The van der Waals surface area contributed by atoms with Gasteiger partial charge in [0.15, 0.2) is 0 Å². The molecule has 1 aliphatic heterocycles. The number of hydrogen-bond acceptors (Lipinski definition) is 5. The molecule has 25 heavy (non-hydrogen) atoms. The summed E-state index contributed by atoms with van der Waals surface area (Å²) in [6.07, 6.45) is 7.07. The average molecular weight is 345 g/mol. The number of benzene rings is 1. The predicted octanol–water partition coefficient (Wildman–Crippen LogP) is 3.05. The van der Waals surface area contributed by atoms with Crippen molar-refractivity contribution in [3.63, 3.8) is 0 Å². The van der Waals surface area contributed by atoms with E-state index in [0.717, 1.165) is 24.8 Å². The number of nitrogens with zero attached hydrogens (tertiary/aromatic N) is 1. The summed E-state index contributed by atoms with van der Waals surface area (Å²) in [6.45, 7) is 2.85. The monoisotopic (exact) mass is 345 g/mol. The van der Waals surface area contributed by atoms with Gasteiger partial charge in [0, 0.05) is 0 Å². The second-order valence-electron chi connectivity index (χ2n) is 6.08. The van der Waals surface area contributed by atoms with Crippen molar-refractivity contribution in [2.45, 2.75) is 44.7 Å². The fourth-order valence-corrected chi connectivity index (χ4v) is 3.25. The third-order valence-electron chi connectivity index (χ3n) is 4.44. The van der Waals surface area contributed by atoms with Crippen LogP contribution in [-0.4, -0.2) is 49.2 Å². The first-order valence-electron chi connectivity index (χ1n) is 8.89. The zero-order chi connectivity index (χ0) is 18.1. The van der Waals surface area contributed by atoms with Gasteiger partial charge in [0.1, 0.15) is 12.1 Å². The lowest BCUT2D eigenvalue weighted by Gasteiger charge is -2.29. The molecule has 0 amide bonds. The van der Waals surface area contributed by atoms with Gasteiger partial charge in [0.05, 0.1) is 13.7 Å². The number of likely N-dealkylation sites (tertiary alicyclic amines) is 1. The molecule has 0 aliphatic carbocycles. The standard InChI is InChI=1S/C20H27NO4/c1-3-25-20(23)18(21-15-9-14-17(21)19(22)24-2)13-8-7-12-16-10-5-4-6-11-16/h4-7,10-12,17-18H,3,8-9,13-15H2,1-2H3/t17-,18?/m0/s1. The Labute approximate surface area is 149 Å². The zero-order valence-electron chi connectivity index (χ0n) is 15.0. The van der Waals surface area contributed by atoms with Crippen LogP contribution in [0, 0.1) is 0 Å². The maximum Gasteiger partial charge on any atom is 0.323 e. The molecule has 136 valence electrons. The number of hydrogen-bond donors (Lipinski definition) is 0. The molecule has 0 radical (unpaired) electrons. The molecule has 0 spiro atoms. The number of ether oxygens (including phenoxy) is 2. The van der Waals surface area contributed by atoms with Crippen molar-refractivity contribution < 1.29 is 19.1 Å². The first-order chi connectivity index (χ1) is 12.2. The molecule has 1 aliphatic rings. The van der Waals surface area contributed by atoms with Crippen molar-refractivity contribution >= 4 is 18.0 Å². The Morgan fingerprint density at radius 3 is 2.76 bits per heavy atom. The Morgan fingerprint density at radius 1 is 1.32 bits per heavy atom. The number of methoxy groups -OCH3 is 1. The summed E-state index contributed by atoms with van der Waals surface area (Å²) in [5.41, 5.74) is 1.13. The number of allylic oxidation sites excluding steroid dienone is 1. The van der Waals surface area contributed by atoms with E-state index in [9.17, 15) is 9.59 Å². The summed E-state index contributed by atoms with van der Waals surface area (Å²) in [5, 5.41) is 0. The van der Waals surface area contributed by atoms with Gasteiger partial charge in [-0.2, -0.15) is 0 Å². The van der Waals surface area contributed by atoms with Crippen LogP contribution in [0.25, 0.3) is 6.08 Å². The van der Waals surface area contributed by atoms with Crippen LogP contribution >= 0.6 is 0 Å². The molecule has 1 unspecified atom stereocenters. The Hall–Kier alpha value is -2.14. The van der Waals surface area contributed by atoms with Gasteiger partial charge in [-0.1, -0.05) is 42.5 Å². The number of esters is 2. The number of carbonyl (C=O) groups excluding carboxylic acids is 2. The van der Waals surface area contributed by atoms with Crippen LogP contribution < -0.4 is 0 Å². The van der Waals surface area contributed by atoms with E-state index < -0.39 is 6.04 Å². The molecule has 2 atom stereocenters. The van der Waals surface area contributed by atoms with Crippen molar-refractivity contribution in [1.29, 1.82) is 0 Å². The van der Waals surface area contributed by atoms with Gasteiger partial charge in [-0.15, -0.1) is 0 Å². The molecule has 0 bridgehead atoms. The summed E-state index contributed by atoms with van der Waals surface area (Å²) in [6, 6.07) is 9.28. The highest BCUT2D eigenvalue weighted by atomic mass is 16.5. The number of rotatable bonds is 8. The molecular formula is C20H27NO4. The maximum atomic E-state index is 12.4. The molecule has 2 rings (SSSR count). The molecular weight excluding hydrogens is 318 g/mol. The van der Waals surface area contributed by atoms with Gasteiger partial charge in [-0.3, -0.25) is 14.5 Å². The second kappa shape index (κ2) is 9.99. The lowest BCUT2D eigenvalue weighted by atomic mass is 10.1. The summed E-state index contributed by atoms with van der Waals surface area (Å²) in [4.78, 5) is 26.3. The summed E-state index contributed by atoms with van der Waals surface area (Å²) in [5.74, 6) is -0.530. The van der Waals surface area contributed by atoms with Crippen LogP contribution in [0.4, 0.5) is 0 Å². The molecule has 1 heterocycles. The topological polar surface area (TPSA) is 55.8 Å². The van der Waals surface area contributed by atoms with E-state index in [4.69, 9.17) is 9.47 Å². The van der Waals surface area contributed by atoms with E-state index in [1.165, 1.54) is 7.11 Å². The van der Waals surface area contributed by atoms with E-state index in [1.807, 2.05) is 41.3 Å². The molecule has 5 nitrogen and oxygen atoms in total. The van der Waals surface area contributed by atoms with Gasteiger partial charge in [-0.05, 0) is 44.7 Å². The molecule has 1 saturated heterocycles. The lowest BCUT2D eigenvalue weighted by Crippen LogP contribution is -2.48. The average Bonchev–Trinajstić information content (AvgIpc) is 3.11. The first kappa shape index (κ1) is 19.2. The Morgan fingerprint density at radius 2 is 2.08 bits per heavy atom. The summed E-state index contributed by atoms with van der Waals surface area (Å²) < 4.78 is 10.1. The summed E-state index contributed by atoms with van der Waals surface area (Å²) in [7, 11) is 1.39. The van der Waals surface area contributed by atoms with Crippen LogP contribution in [0.3, 0.4) is 0 Å². The second-order valence-corrected chi connectivity index (χ2v) is 6.08. The fraction of sp³-hybridized carbons (Fsp3) is 0.500. The van der Waals surface area contributed by atoms with Crippen LogP contribution in [-0.2, 0) is 19.1 Å². The fourth-order valence-electron chi connectivity index (χ4n) is 3.25. The third kappa shape index (κ3) is 5.43. The highest BCUT2D eigenvalue weighted by Gasteiger charge is 2.39. The van der Waals surface area contributed by atoms with Gasteiger partial charge in [0.25, 0.3) is 0 Å². The Bertz CT molecular complexity index is 585. The van der Waals surface area contributed by atoms with Gasteiger partial charge in [-0.25, -0.2) is 0 Å². The number of carbonyl (C=O) groups is 2. The van der Waals surface area contributed by atoms with E-state index in [1.54, 1.807) is 6.92 Å². The molecule has 0 aromatic heterocycles. The maximum absolute atomic E-state index is 12.4. The van der Waals surface area contributed by atoms with Crippen LogP contribution in [0.2, 0.25) is 0 Å². The largest absolute Gasteiger partial charge is 0.468 e. The van der Waals surface area contributed by atoms with Gasteiger partial charge < -0.3 is 9.47 Å². The minimum absolute atomic E-state index is 0.258. The molecule has 1 fully saturated rings. The Kier molecular flexibility index (Phi) is 7.67. The molecule has 0 saturated carbocycles. The molecule has 1 aromatic rings. The lowest BCUT2D eigenvalue weighted by molar-refractivity contribution is -0.154. The van der Waals surface area contributed by atoms with E-state index >= 15 is 0 Å². The zero-order valence-corrected chi connectivity index (χ0v) is 15.0. The highest BCUT2D eigenvalue weighted by molar-refractivity contribution is 5.80. The van der Waals surface area contributed by atoms with Crippen molar-refractivity contribution in [2.75, 3.05) is 20.3 Å². The quantitative estimate of drug-likeness (QED) is 0.678. The van der Waals surface area contributed by atoms with Crippen molar-refractivity contribution in [3.8, 4) is 0 Å². The normalized spacial score (nSPS) is 19.0. The van der Waals surface area contributed by atoms with E-state index in [0.29, 0.717) is 19.6 Å². The van der Waals surface area contributed by atoms with Crippen LogP contribution in [0.5, 0.6) is 0 Å². The van der Waals surface area contributed by atoms with Crippen LogP contribution in [0.1, 0.15) is 38.2 Å². The third-order valence-corrected chi connectivity index (χ3v) is 4.44. The van der Waals surface area contributed by atoms with E-state index in [-0.39, 0.29) is 18.0 Å². The van der Waals surface area contributed by atoms with E-state index in [2.05, 4.69) is 6.08 Å². The smallest absolute Gasteiger partial charge is 0.323 e. The molecule has 1 aromatic carbocycles. The minimum Gasteiger partial charge on any atom is -0.468 e. The summed E-state index contributed by atoms with van der Waals surface area (Å²) >= 11 is 0. The highest BCUT2D eigenvalue weighted by Crippen LogP contribution is 2.24. The molecule has 5 heteroatoms. The van der Waals surface area contributed by atoms with Crippen LogP contribution in [0.15, 0.2) is 36.4 Å². The van der Waals surface area contributed by atoms with Crippen molar-refractivity contribution in [1.82, 2.24) is 4.90 Å². The SMILES string of the molecule is CCOC(=O)C(CCC=Cc1ccccc1)N1CCC[C@H]1C(=O)OC.